The molecular formula is C32H37F2N7O4S. The summed E-state index contributed by atoms with van der Waals surface area (Å²) in [6, 6.07) is 1.88. The summed E-state index contributed by atoms with van der Waals surface area (Å²) in [5.74, 6) is -2.85. The Labute approximate surface area is 269 Å². The SMILES string of the molecule is CCOC1CCC(n2cc(NC(=O)c3csc(-c4cnn(C(=O)C(CC(C)=O)CC(C)C)c4)n3)c(-c3nc(F)ccc3F)n2)CC1. The van der Waals surface area contributed by atoms with Gasteiger partial charge in [-0.25, -0.2) is 19.0 Å². The Balaban J connectivity index is 1.36. The van der Waals surface area contributed by atoms with Gasteiger partial charge in [0.15, 0.2) is 5.82 Å². The van der Waals surface area contributed by atoms with E-state index in [1.165, 1.54) is 35.3 Å². The number of amides is 1. The Bertz CT molecular complexity index is 1710. The van der Waals surface area contributed by atoms with Crippen molar-refractivity contribution in [3.63, 3.8) is 0 Å². The van der Waals surface area contributed by atoms with Crippen LogP contribution in [0.4, 0.5) is 14.5 Å². The molecule has 1 atom stereocenters. The van der Waals surface area contributed by atoms with Gasteiger partial charge in [-0.1, -0.05) is 13.8 Å². The van der Waals surface area contributed by atoms with Crippen LogP contribution in [0.5, 0.6) is 0 Å². The number of ketones is 1. The number of carbonyl (C=O) groups is 3. The topological polar surface area (TPSA) is 134 Å². The number of halogens is 2. The second-order valence-corrected chi connectivity index (χ2v) is 12.8. The first-order valence-electron chi connectivity index (χ1n) is 15.4. The lowest BCUT2D eigenvalue weighted by atomic mass is 9.92. The van der Waals surface area contributed by atoms with E-state index in [4.69, 9.17) is 4.74 Å². The van der Waals surface area contributed by atoms with Crippen molar-refractivity contribution in [2.75, 3.05) is 11.9 Å². The van der Waals surface area contributed by atoms with Crippen LogP contribution in [0.3, 0.4) is 0 Å². The number of rotatable bonds is 12. The number of anilines is 1. The molecule has 0 radical (unpaired) electrons. The highest BCUT2D eigenvalue weighted by Gasteiger charge is 2.28. The van der Waals surface area contributed by atoms with Gasteiger partial charge in [0.05, 0.1) is 24.0 Å². The average molecular weight is 654 g/mol. The van der Waals surface area contributed by atoms with Crippen LogP contribution < -0.4 is 5.32 Å². The summed E-state index contributed by atoms with van der Waals surface area (Å²) in [6.07, 6.45) is 8.71. The van der Waals surface area contributed by atoms with Crippen molar-refractivity contribution in [2.24, 2.45) is 11.8 Å². The summed E-state index contributed by atoms with van der Waals surface area (Å²) >= 11 is 1.19. The van der Waals surface area contributed by atoms with E-state index in [9.17, 15) is 23.2 Å². The van der Waals surface area contributed by atoms with Crippen molar-refractivity contribution in [1.82, 2.24) is 29.5 Å². The van der Waals surface area contributed by atoms with E-state index >= 15 is 0 Å². The van der Waals surface area contributed by atoms with Crippen molar-refractivity contribution in [2.45, 2.75) is 78.4 Å². The minimum atomic E-state index is -0.875. The predicted octanol–water partition coefficient (Wildman–Crippen LogP) is 6.60. The van der Waals surface area contributed by atoms with Gasteiger partial charge in [-0.15, -0.1) is 11.3 Å². The molecule has 1 fully saturated rings. The molecule has 5 rings (SSSR count). The maximum atomic E-state index is 14.8. The molecule has 0 saturated heterocycles. The van der Waals surface area contributed by atoms with Gasteiger partial charge >= 0.3 is 0 Å². The van der Waals surface area contributed by atoms with Gasteiger partial charge in [0.1, 0.15) is 27.9 Å². The Morgan fingerprint density at radius 3 is 2.54 bits per heavy atom. The van der Waals surface area contributed by atoms with Crippen LogP contribution in [-0.2, 0) is 9.53 Å². The van der Waals surface area contributed by atoms with Crippen LogP contribution in [0.25, 0.3) is 22.0 Å². The van der Waals surface area contributed by atoms with E-state index in [1.54, 1.807) is 16.3 Å². The molecule has 1 saturated carbocycles. The quantitative estimate of drug-likeness (QED) is 0.169. The van der Waals surface area contributed by atoms with Crippen LogP contribution in [0.2, 0.25) is 0 Å². The molecule has 244 valence electrons. The van der Waals surface area contributed by atoms with Crippen LogP contribution in [0, 0.1) is 23.6 Å². The summed E-state index contributed by atoms with van der Waals surface area (Å²) in [6.45, 7) is 8.04. The highest BCUT2D eigenvalue weighted by Crippen LogP contribution is 2.35. The molecule has 1 aliphatic rings. The van der Waals surface area contributed by atoms with Crippen LogP contribution >= 0.6 is 11.3 Å². The maximum absolute atomic E-state index is 14.8. The van der Waals surface area contributed by atoms with E-state index in [2.05, 4.69) is 25.5 Å². The Morgan fingerprint density at radius 1 is 1.09 bits per heavy atom. The number of Topliss-reactive ketones (excluding diaryl/α,β-unsaturated/α-hetero) is 1. The molecule has 0 aliphatic heterocycles. The van der Waals surface area contributed by atoms with E-state index < -0.39 is 23.6 Å². The summed E-state index contributed by atoms with van der Waals surface area (Å²) in [4.78, 5) is 46.5. The molecule has 14 heteroatoms. The number of aromatic nitrogens is 6. The molecule has 0 bridgehead atoms. The third-order valence-corrected chi connectivity index (χ3v) is 8.76. The number of nitrogens with one attached hydrogen (secondary N) is 1. The number of thiazole rings is 1. The van der Waals surface area contributed by atoms with Crippen LogP contribution in [0.15, 0.2) is 36.1 Å². The van der Waals surface area contributed by atoms with Gasteiger partial charge in [0, 0.05) is 42.3 Å². The lowest BCUT2D eigenvalue weighted by molar-refractivity contribution is -0.117. The van der Waals surface area contributed by atoms with Crippen LogP contribution in [0.1, 0.15) is 87.5 Å². The van der Waals surface area contributed by atoms with Crippen molar-refractivity contribution < 1.29 is 27.9 Å². The number of hydrogen-bond acceptors (Lipinski definition) is 9. The fraction of sp³-hybridized carbons (Fsp3) is 0.469. The highest BCUT2D eigenvalue weighted by atomic mass is 32.1. The fourth-order valence-corrected chi connectivity index (χ4v) is 6.54. The Kier molecular flexibility index (Phi) is 10.5. The smallest absolute Gasteiger partial charge is 0.275 e. The molecule has 1 amide bonds. The highest BCUT2D eigenvalue weighted by molar-refractivity contribution is 7.13. The van der Waals surface area contributed by atoms with E-state index in [-0.39, 0.29) is 58.9 Å². The predicted molar refractivity (Wildman–Crippen MR) is 168 cm³/mol. The molecule has 0 spiro atoms. The van der Waals surface area contributed by atoms with E-state index in [0.29, 0.717) is 23.6 Å². The zero-order valence-corrected chi connectivity index (χ0v) is 27.0. The van der Waals surface area contributed by atoms with Crippen molar-refractivity contribution in [3.8, 4) is 22.0 Å². The molecular weight excluding hydrogens is 616 g/mol. The minimum Gasteiger partial charge on any atom is -0.379 e. The largest absolute Gasteiger partial charge is 0.379 e. The van der Waals surface area contributed by atoms with E-state index in [1.807, 2.05) is 20.8 Å². The second-order valence-electron chi connectivity index (χ2n) is 12.0. The number of pyridine rings is 1. The van der Waals surface area contributed by atoms with Crippen molar-refractivity contribution in [3.05, 3.63) is 53.6 Å². The van der Waals surface area contributed by atoms with Crippen molar-refractivity contribution in [1.29, 1.82) is 0 Å². The molecule has 4 aromatic heterocycles. The first-order valence-corrected chi connectivity index (χ1v) is 16.3. The molecule has 11 nitrogen and oxygen atoms in total. The summed E-state index contributed by atoms with van der Waals surface area (Å²) in [7, 11) is 0. The van der Waals surface area contributed by atoms with Gasteiger partial charge in [0.2, 0.25) is 11.9 Å². The monoisotopic (exact) mass is 653 g/mol. The summed E-state index contributed by atoms with van der Waals surface area (Å²) in [5.41, 5.74) is 0.480. The average Bonchev–Trinajstić information content (AvgIpc) is 3.78. The zero-order valence-electron chi connectivity index (χ0n) is 26.2. The number of ether oxygens (including phenoxy) is 1. The fourth-order valence-electron chi connectivity index (χ4n) is 5.77. The number of hydrogen-bond donors (Lipinski definition) is 1. The van der Waals surface area contributed by atoms with Gasteiger partial charge in [0.25, 0.3) is 5.91 Å². The summed E-state index contributed by atoms with van der Waals surface area (Å²) < 4.78 is 37.6. The molecule has 4 heterocycles. The molecule has 1 unspecified atom stereocenters. The third-order valence-electron chi connectivity index (χ3n) is 7.87. The molecule has 4 aromatic rings. The molecule has 46 heavy (non-hydrogen) atoms. The lowest BCUT2D eigenvalue weighted by Gasteiger charge is -2.28. The standard InChI is InChI=1S/C32H37F2N7O4S/c1-5-45-23-8-6-22(7-9-23)40-16-25(29(39-40)28-24(33)10-11-27(34)38-28)36-30(43)26-17-46-31(37-26)21-14-35-41(15-21)32(44)20(12-18(2)3)13-19(4)42/h10-11,14-18,20,22-23H,5-9,12-13H2,1-4H3,(H,36,43). The van der Waals surface area contributed by atoms with Gasteiger partial charge in [-0.3, -0.25) is 14.3 Å². The summed E-state index contributed by atoms with van der Waals surface area (Å²) in [5, 5.41) is 13.5. The van der Waals surface area contributed by atoms with Gasteiger partial charge < -0.3 is 14.8 Å². The van der Waals surface area contributed by atoms with Gasteiger partial charge in [-0.05, 0) is 64.0 Å². The van der Waals surface area contributed by atoms with Gasteiger partial charge in [-0.2, -0.15) is 14.6 Å². The third kappa shape index (κ3) is 7.79. The lowest BCUT2D eigenvalue weighted by Crippen LogP contribution is -2.25. The Morgan fingerprint density at radius 2 is 1.85 bits per heavy atom. The first kappa shape index (κ1) is 33.2. The number of carbonyl (C=O) groups excluding carboxylic acids is 3. The van der Waals surface area contributed by atoms with Crippen molar-refractivity contribution >= 4 is 34.6 Å². The molecule has 0 aromatic carbocycles. The minimum absolute atomic E-state index is 0.00837. The number of nitrogens with zero attached hydrogens (tertiary/aromatic N) is 6. The first-order chi connectivity index (χ1) is 22.0. The molecule has 1 aliphatic carbocycles. The second kappa shape index (κ2) is 14.5. The Hall–Kier alpha value is -4.17. The van der Waals surface area contributed by atoms with Crippen LogP contribution in [-0.4, -0.2) is 59.8 Å². The molecule has 1 N–H and O–H groups in total. The normalized spacial score (nSPS) is 17.3. The van der Waals surface area contributed by atoms with E-state index in [0.717, 1.165) is 37.8 Å². The zero-order chi connectivity index (χ0) is 33.0. The maximum Gasteiger partial charge on any atom is 0.275 e.